The fraction of sp³-hybridized carbons (Fsp3) is 0.214. The van der Waals surface area contributed by atoms with Crippen LogP contribution in [0.25, 0.3) is 0 Å². The Morgan fingerprint density at radius 1 is 1.11 bits per heavy atom. The van der Waals surface area contributed by atoms with E-state index in [4.69, 9.17) is 23.2 Å². The van der Waals surface area contributed by atoms with Crippen molar-refractivity contribution >= 4 is 23.2 Å². The van der Waals surface area contributed by atoms with E-state index in [2.05, 4.69) is 10.3 Å². The molecule has 0 fully saturated rings. The molecule has 0 amide bonds. The predicted octanol–water partition coefficient (Wildman–Crippen LogP) is 3.21. The first-order valence-corrected chi connectivity index (χ1v) is 6.65. The van der Waals surface area contributed by atoms with E-state index in [1.165, 1.54) is 0 Å². The van der Waals surface area contributed by atoms with Gasteiger partial charge in [0, 0.05) is 41.1 Å². The van der Waals surface area contributed by atoms with Gasteiger partial charge in [0.2, 0.25) is 0 Å². The van der Waals surface area contributed by atoms with Crippen LogP contribution in [0.2, 0.25) is 10.0 Å². The number of halogens is 2. The number of benzene rings is 1. The second-order valence-corrected chi connectivity index (χ2v) is 4.94. The molecule has 1 unspecified atom stereocenters. The van der Waals surface area contributed by atoms with Gasteiger partial charge in [-0.1, -0.05) is 29.3 Å². The molecule has 100 valence electrons. The van der Waals surface area contributed by atoms with Crippen molar-refractivity contribution in [3.8, 4) is 0 Å². The number of rotatable bonds is 5. The number of aromatic nitrogens is 1. The average molecular weight is 297 g/mol. The minimum atomic E-state index is -0.579. The molecule has 0 aliphatic rings. The van der Waals surface area contributed by atoms with Crippen molar-refractivity contribution in [1.29, 1.82) is 0 Å². The summed E-state index contributed by atoms with van der Waals surface area (Å²) in [6.07, 6.45) is 2.73. The van der Waals surface area contributed by atoms with Crippen molar-refractivity contribution in [2.75, 3.05) is 6.54 Å². The van der Waals surface area contributed by atoms with Gasteiger partial charge in [-0.15, -0.1) is 0 Å². The van der Waals surface area contributed by atoms with Crippen LogP contribution < -0.4 is 5.32 Å². The summed E-state index contributed by atoms with van der Waals surface area (Å²) in [4.78, 5) is 3.91. The molecule has 0 radical (unpaired) electrons. The van der Waals surface area contributed by atoms with Gasteiger partial charge in [-0.2, -0.15) is 0 Å². The fourth-order valence-electron chi connectivity index (χ4n) is 1.74. The van der Waals surface area contributed by atoms with Crippen LogP contribution in [0, 0.1) is 0 Å². The summed E-state index contributed by atoms with van der Waals surface area (Å²) in [5, 5.41) is 14.4. The Bertz CT molecular complexity index is 514. The number of nitrogens with zero attached hydrogens (tertiary/aromatic N) is 1. The number of aliphatic hydroxyl groups excluding tert-OH is 1. The third-order valence-electron chi connectivity index (χ3n) is 2.79. The van der Waals surface area contributed by atoms with Gasteiger partial charge in [0.15, 0.2) is 0 Å². The van der Waals surface area contributed by atoms with E-state index in [0.717, 1.165) is 11.1 Å². The normalized spacial score (nSPS) is 12.4. The molecule has 1 heterocycles. The van der Waals surface area contributed by atoms with Crippen LogP contribution in [0.1, 0.15) is 17.2 Å². The van der Waals surface area contributed by atoms with E-state index in [9.17, 15) is 5.11 Å². The summed E-state index contributed by atoms with van der Waals surface area (Å²) >= 11 is 12.1. The molecule has 19 heavy (non-hydrogen) atoms. The molecule has 1 aromatic heterocycles. The highest BCUT2D eigenvalue weighted by atomic mass is 35.5. The predicted molar refractivity (Wildman–Crippen MR) is 77.4 cm³/mol. The molecule has 0 saturated carbocycles. The molecular formula is C14H14Cl2N2O. The Labute approximate surface area is 122 Å². The lowest BCUT2D eigenvalue weighted by Gasteiger charge is -2.13. The second-order valence-electron chi connectivity index (χ2n) is 4.13. The zero-order valence-electron chi connectivity index (χ0n) is 10.2. The number of hydrogen-bond donors (Lipinski definition) is 2. The molecule has 0 bridgehead atoms. The van der Waals surface area contributed by atoms with Gasteiger partial charge >= 0.3 is 0 Å². The van der Waals surface area contributed by atoms with Gasteiger partial charge in [-0.3, -0.25) is 4.98 Å². The van der Waals surface area contributed by atoms with Crippen LogP contribution in [-0.2, 0) is 6.54 Å². The zero-order chi connectivity index (χ0) is 13.7. The van der Waals surface area contributed by atoms with Crippen LogP contribution >= 0.6 is 23.2 Å². The van der Waals surface area contributed by atoms with Gasteiger partial charge < -0.3 is 10.4 Å². The topological polar surface area (TPSA) is 45.1 Å². The Balaban J connectivity index is 1.90. The number of hydrogen-bond acceptors (Lipinski definition) is 3. The lowest BCUT2D eigenvalue weighted by Crippen LogP contribution is -2.21. The summed E-state index contributed by atoms with van der Waals surface area (Å²) < 4.78 is 0. The second kappa shape index (κ2) is 6.87. The van der Waals surface area contributed by atoms with Gasteiger partial charge in [-0.05, 0) is 29.8 Å². The lowest BCUT2D eigenvalue weighted by atomic mass is 10.1. The first kappa shape index (κ1) is 14.3. The van der Waals surface area contributed by atoms with Crippen molar-refractivity contribution in [2.24, 2.45) is 0 Å². The molecule has 0 aliphatic carbocycles. The molecule has 2 N–H and O–H groups in total. The highest BCUT2D eigenvalue weighted by Gasteiger charge is 2.08. The van der Waals surface area contributed by atoms with Gasteiger partial charge in [0.1, 0.15) is 0 Å². The van der Waals surface area contributed by atoms with Crippen molar-refractivity contribution in [1.82, 2.24) is 10.3 Å². The van der Waals surface area contributed by atoms with Gasteiger partial charge in [-0.25, -0.2) is 0 Å². The Morgan fingerprint density at radius 2 is 1.74 bits per heavy atom. The van der Waals surface area contributed by atoms with Crippen molar-refractivity contribution in [3.05, 3.63) is 63.9 Å². The Kier molecular flexibility index (Phi) is 5.16. The molecule has 1 atom stereocenters. The average Bonchev–Trinajstić information content (AvgIpc) is 2.43. The summed E-state index contributed by atoms with van der Waals surface area (Å²) in [5.41, 5.74) is 1.67. The van der Waals surface area contributed by atoms with Crippen LogP contribution in [0.5, 0.6) is 0 Å². The third-order valence-corrected chi connectivity index (χ3v) is 3.50. The van der Waals surface area contributed by atoms with Crippen LogP contribution in [-0.4, -0.2) is 16.6 Å². The summed E-state index contributed by atoms with van der Waals surface area (Å²) in [6, 6.07) is 8.97. The standard InChI is InChI=1S/C14H14Cl2N2O/c15-12-2-1-3-13(16)11(12)8-18-9-14(19)10-4-6-17-7-5-10/h1-7,14,18-19H,8-9H2. The van der Waals surface area contributed by atoms with Crippen LogP contribution in [0.15, 0.2) is 42.7 Å². The molecule has 2 rings (SSSR count). The number of aliphatic hydroxyl groups is 1. The number of nitrogens with one attached hydrogen (secondary N) is 1. The van der Waals surface area contributed by atoms with E-state index in [-0.39, 0.29) is 0 Å². The van der Waals surface area contributed by atoms with E-state index in [0.29, 0.717) is 23.1 Å². The SMILES string of the molecule is OC(CNCc1c(Cl)cccc1Cl)c1ccncc1. The Hall–Kier alpha value is -1.13. The zero-order valence-corrected chi connectivity index (χ0v) is 11.7. The lowest BCUT2D eigenvalue weighted by molar-refractivity contribution is 0.174. The van der Waals surface area contributed by atoms with Crippen molar-refractivity contribution in [2.45, 2.75) is 12.6 Å². The molecule has 2 aromatic rings. The van der Waals surface area contributed by atoms with E-state index >= 15 is 0 Å². The van der Waals surface area contributed by atoms with Crippen molar-refractivity contribution in [3.63, 3.8) is 0 Å². The molecular weight excluding hydrogens is 283 g/mol. The molecule has 0 aliphatic heterocycles. The quantitative estimate of drug-likeness (QED) is 0.890. The summed E-state index contributed by atoms with van der Waals surface area (Å²) in [7, 11) is 0. The van der Waals surface area contributed by atoms with Crippen molar-refractivity contribution < 1.29 is 5.11 Å². The largest absolute Gasteiger partial charge is 0.387 e. The maximum atomic E-state index is 9.98. The first-order valence-electron chi connectivity index (χ1n) is 5.90. The van der Waals surface area contributed by atoms with Gasteiger partial charge in [0.25, 0.3) is 0 Å². The minimum absolute atomic E-state index is 0.422. The highest BCUT2D eigenvalue weighted by Crippen LogP contribution is 2.24. The smallest absolute Gasteiger partial charge is 0.0915 e. The minimum Gasteiger partial charge on any atom is -0.387 e. The van der Waals surface area contributed by atoms with Crippen LogP contribution in [0.4, 0.5) is 0 Å². The molecule has 3 nitrogen and oxygen atoms in total. The molecule has 0 saturated heterocycles. The molecule has 0 spiro atoms. The van der Waals surface area contributed by atoms with Gasteiger partial charge in [0.05, 0.1) is 6.10 Å². The number of pyridine rings is 1. The van der Waals surface area contributed by atoms with E-state index in [1.54, 1.807) is 42.7 Å². The van der Waals surface area contributed by atoms with E-state index in [1.807, 2.05) is 0 Å². The van der Waals surface area contributed by atoms with Crippen LogP contribution in [0.3, 0.4) is 0 Å². The third kappa shape index (κ3) is 3.91. The molecule has 1 aromatic carbocycles. The monoisotopic (exact) mass is 296 g/mol. The summed E-state index contributed by atoms with van der Waals surface area (Å²) in [5.74, 6) is 0. The first-order chi connectivity index (χ1) is 9.18. The fourth-order valence-corrected chi connectivity index (χ4v) is 2.27. The maximum Gasteiger partial charge on any atom is 0.0915 e. The molecule has 5 heteroatoms. The maximum absolute atomic E-state index is 9.98. The van der Waals surface area contributed by atoms with E-state index < -0.39 is 6.10 Å². The summed E-state index contributed by atoms with van der Waals surface area (Å²) in [6.45, 7) is 0.937. The highest BCUT2D eigenvalue weighted by molar-refractivity contribution is 6.35. The Morgan fingerprint density at radius 3 is 2.37 bits per heavy atom.